The molecule has 4 aromatic rings. The average molecular weight is 497 g/mol. The van der Waals surface area contributed by atoms with Crippen molar-refractivity contribution in [3.8, 4) is 6.07 Å². The maximum atomic E-state index is 13.2. The number of aromatic nitrogens is 1. The smallest absolute Gasteiger partial charge is 0.262 e. The second-order valence-electron chi connectivity index (χ2n) is 8.76. The number of carbonyl (C=O) groups excluding carboxylic acids is 1. The third-order valence-electron chi connectivity index (χ3n) is 6.39. The molecule has 3 aromatic carbocycles. The lowest BCUT2D eigenvalue weighted by molar-refractivity contribution is -0.118. The molecule has 0 atom stereocenters. The molecule has 7 nitrogen and oxygen atoms in total. The molecule has 1 aromatic heterocycles. The molecule has 5 rings (SSSR count). The van der Waals surface area contributed by atoms with Crippen molar-refractivity contribution >= 4 is 38.1 Å². The highest BCUT2D eigenvalue weighted by atomic mass is 32.2. The fourth-order valence-corrected chi connectivity index (χ4v) is 5.87. The first-order valence-electron chi connectivity index (χ1n) is 11.7. The Morgan fingerprint density at radius 3 is 2.72 bits per heavy atom. The molecule has 0 bridgehead atoms. The van der Waals surface area contributed by atoms with E-state index in [1.807, 2.05) is 30.3 Å². The molecule has 0 saturated carbocycles. The van der Waals surface area contributed by atoms with Crippen LogP contribution in [0.15, 0.2) is 84.0 Å². The summed E-state index contributed by atoms with van der Waals surface area (Å²) in [6.07, 6.45) is 5.74. The van der Waals surface area contributed by atoms with E-state index in [-0.39, 0.29) is 10.8 Å². The van der Waals surface area contributed by atoms with Crippen molar-refractivity contribution in [1.29, 1.82) is 5.26 Å². The molecule has 0 radical (unpaired) electrons. The lowest BCUT2D eigenvalue weighted by Gasteiger charge is -2.30. The Bertz CT molecular complexity index is 1590. The number of fused-ring (bicyclic) bond motifs is 2. The third-order valence-corrected chi connectivity index (χ3v) is 7.83. The number of nitriles is 1. The highest BCUT2D eigenvalue weighted by Gasteiger charge is 2.24. The topological polar surface area (TPSA) is 103 Å². The first kappa shape index (κ1) is 23.5. The van der Waals surface area contributed by atoms with Crippen LogP contribution in [0.1, 0.15) is 29.5 Å². The van der Waals surface area contributed by atoms with Gasteiger partial charge >= 0.3 is 0 Å². The summed E-state index contributed by atoms with van der Waals surface area (Å²) in [6.45, 7) is 0.633. The van der Waals surface area contributed by atoms with Gasteiger partial charge in [0.2, 0.25) is 5.91 Å². The van der Waals surface area contributed by atoms with Gasteiger partial charge in [0.15, 0.2) is 0 Å². The van der Waals surface area contributed by atoms with E-state index in [4.69, 9.17) is 5.26 Å². The zero-order chi connectivity index (χ0) is 25.1. The predicted octanol–water partition coefficient (Wildman–Crippen LogP) is 4.82. The van der Waals surface area contributed by atoms with Crippen LogP contribution in [0.4, 0.5) is 11.4 Å². The van der Waals surface area contributed by atoms with Crippen LogP contribution in [-0.2, 0) is 27.7 Å². The van der Waals surface area contributed by atoms with Gasteiger partial charge in [-0.1, -0.05) is 24.3 Å². The summed E-state index contributed by atoms with van der Waals surface area (Å²) < 4.78 is 29.1. The van der Waals surface area contributed by atoms with E-state index in [1.165, 1.54) is 0 Å². The van der Waals surface area contributed by atoms with E-state index in [0.29, 0.717) is 36.0 Å². The molecule has 0 unspecified atom stereocenters. The minimum atomic E-state index is -3.82. The Labute approximate surface area is 210 Å². The van der Waals surface area contributed by atoms with E-state index in [0.717, 1.165) is 35.0 Å². The van der Waals surface area contributed by atoms with Crippen LogP contribution < -0.4 is 9.62 Å². The fourth-order valence-electron chi connectivity index (χ4n) is 4.59. The van der Waals surface area contributed by atoms with Gasteiger partial charge in [-0.2, -0.15) is 5.26 Å². The number of pyridine rings is 1. The van der Waals surface area contributed by atoms with Crippen molar-refractivity contribution < 1.29 is 13.2 Å². The van der Waals surface area contributed by atoms with Gasteiger partial charge in [0.05, 0.1) is 16.5 Å². The summed E-state index contributed by atoms with van der Waals surface area (Å²) >= 11 is 0. The molecule has 0 aliphatic carbocycles. The van der Waals surface area contributed by atoms with Crippen LogP contribution >= 0.6 is 0 Å². The number of nitrogens with zero attached hydrogens (tertiary/aromatic N) is 3. The number of carbonyl (C=O) groups is 1. The van der Waals surface area contributed by atoms with Crippen molar-refractivity contribution in [2.24, 2.45) is 0 Å². The number of amides is 1. The largest absolute Gasteiger partial charge is 0.312 e. The Balaban J connectivity index is 1.33. The third kappa shape index (κ3) is 4.79. The molecule has 0 spiro atoms. The zero-order valence-electron chi connectivity index (χ0n) is 19.5. The highest BCUT2D eigenvalue weighted by molar-refractivity contribution is 7.93. The second kappa shape index (κ2) is 9.80. The number of benzene rings is 3. The monoisotopic (exact) mass is 496 g/mol. The normalized spacial score (nSPS) is 13.1. The van der Waals surface area contributed by atoms with Gasteiger partial charge in [-0.05, 0) is 72.9 Å². The van der Waals surface area contributed by atoms with Crippen molar-refractivity contribution in [2.45, 2.75) is 30.6 Å². The summed E-state index contributed by atoms with van der Waals surface area (Å²) in [5.74, 6) is 0.0259. The quantitative estimate of drug-likeness (QED) is 0.412. The minimum absolute atomic E-state index is 0.0259. The minimum Gasteiger partial charge on any atom is -0.312 e. The van der Waals surface area contributed by atoms with Gasteiger partial charge in [0.25, 0.3) is 10.0 Å². The van der Waals surface area contributed by atoms with Crippen molar-refractivity contribution in [2.75, 3.05) is 16.2 Å². The molecule has 8 heteroatoms. The van der Waals surface area contributed by atoms with Gasteiger partial charge < -0.3 is 4.90 Å². The molecule has 1 aliphatic rings. The molecular formula is C28H24N4O3S. The Morgan fingerprint density at radius 1 is 1.08 bits per heavy atom. The predicted molar refractivity (Wildman–Crippen MR) is 139 cm³/mol. The molecule has 180 valence electrons. The number of aryl methyl sites for hydroxylation is 2. The van der Waals surface area contributed by atoms with E-state index in [9.17, 15) is 13.2 Å². The first-order chi connectivity index (χ1) is 17.4. The molecule has 2 heterocycles. The summed E-state index contributed by atoms with van der Waals surface area (Å²) in [5, 5.41) is 10.3. The van der Waals surface area contributed by atoms with Crippen LogP contribution in [0.25, 0.3) is 10.8 Å². The molecule has 0 saturated heterocycles. The molecule has 1 N–H and O–H groups in total. The van der Waals surface area contributed by atoms with E-state index in [2.05, 4.69) is 15.8 Å². The number of sulfonamides is 1. The maximum Gasteiger partial charge on any atom is 0.262 e. The second-order valence-corrected chi connectivity index (χ2v) is 10.4. The van der Waals surface area contributed by atoms with Crippen molar-refractivity contribution in [1.82, 2.24) is 4.98 Å². The molecule has 0 fully saturated rings. The number of nitrogens with one attached hydrogen (secondary N) is 1. The van der Waals surface area contributed by atoms with E-state index < -0.39 is 10.0 Å². The van der Waals surface area contributed by atoms with Crippen LogP contribution in [0.2, 0.25) is 0 Å². The lowest BCUT2D eigenvalue weighted by atomic mass is 10.00. The highest BCUT2D eigenvalue weighted by Crippen LogP contribution is 2.32. The number of anilines is 2. The van der Waals surface area contributed by atoms with Gasteiger partial charge in [-0.3, -0.25) is 14.5 Å². The van der Waals surface area contributed by atoms with Crippen LogP contribution in [-0.4, -0.2) is 25.9 Å². The van der Waals surface area contributed by atoms with E-state index >= 15 is 0 Å². The standard InChI is InChI=1S/C28H24N4O3S/c29-18-21-8-6-20(7-9-21)10-13-28(33)32-16-2-4-22-17-24(11-12-26(22)32)31-36(34,35)27-5-1-3-23-19-30-15-14-25(23)27/h1,3,5-9,11-12,14-15,17,19,31H,2,4,10,13,16H2. The number of rotatable bonds is 6. The molecule has 1 aliphatic heterocycles. The van der Waals surface area contributed by atoms with E-state index in [1.54, 1.807) is 53.7 Å². The van der Waals surface area contributed by atoms with Crippen LogP contribution in [0.3, 0.4) is 0 Å². The molecular weight excluding hydrogens is 472 g/mol. The Hall–Kier alpha value is -4.22. The van der Waals surface area contributed by atoms with Gasteiger partial charge in [0.1, 0.15) is 0 Å². The van der Waals surface area contributed by atoms with Gasteiger partial charge in [0, 0.05) is 47.5 Å². The Kier molecular flexibility index (Phi) is 6.40. The Morgan fingerprint density at radius 2 is 1.92 bits per heavy atom. The maximum absolute atomic E-state index is 13.2. The van der Waals surface area contributed by atoms with Crippen LogP contribution in [0, 0.1) is 11.3 Å². The SMILES string of the molecule is N#Cc1ccc(CCC(=O)N2CCCc3cc(NS(=O)(=O)c4cccc5cnccc45)ccc32)cc1. The van der Waals surface area contributed by atoms with Gasteiger partial charge in [-0.15, -0.1) is 0 Å². The van der Waals surface area contributed by atoms with Crippen molar-refractivity contribution in [3.05, 3.63) is 95.8 Å². The zero-order valence-corrected chi connectivity index (χ0v) is 20.3. The number of hydrogen-bond acceptors (Lipinski definition) is 5. The average Bonchev–Trinajstić information content (AvgIpc) is 2.91. The summed E-state index contributed by atoms with van der Waals surface area (Å²) in [7, 11) is -3.82. The van der Waals surface area contributed by atoms with Gasteiger partial charge in [-0.25, -0.2) is 8.42 Å². The molecule has 1 amide bonds. The lowest BCUT2D eigenvalue weighted by Crippen LogP contribution is -2.35. The summed E-state index contributed by atoms with van der Waals surface area (Å²) in [6, 6.07) is 21.5. The van der Waals surface area contributed by atoms with Crippen LogP contribution in [0.5, 0.6) is 0 Å². The number of hydrogen-bond donors (Lipinski definition) is 1. The summed E-state index contributed by atoms with van der Waals surface area (Å²) in [4.78, 5) is 19.1. The van der Waals surface area contributed by atoms with Crippen molar-refractivity contribution in [3.63, 3.8) is 0 Å². The fraction of sp³-hybridized carbons (Fsp3) is 0.179. The first-order valence-corrected chi connectivity index (χ1v) is 13.2. The molecule has 36 heavy (non-hydrogen) atoms. The summed E-state index contributed by atoms with van der Waals surface area (Å²) in [5.41, 5.74) is 3.83.